The van der Waals surface area contributed by atoms with Gasteiger partial charge in [0.25, 0.3) is 0 Å². The topological polar surface area (TPSA) is 44.2 Å². The summed E-state index contributed by atoms with van der Waals surface area (Å²) in [6.45, 7) is 1.10. The van der Waals surface area contributed by atoms with E-state index in [1.165, 1.54) is 11.5 Å². The highest BCUT2D eigenvalue weighted by Crippen LogP contribution is 2.28. The Kier molecular flexibility index (Phi) is 6.41. The molecule has 0 radical (unpaired) electrons. The standard InChI is InChI=1S/C28H22N2O2S/c1-3-7-21(8-4-1)19-31-25-15-11-23(12-16-25)27-29-28(33-30-27)24-13-17-26(18-14-24)32-20-22-9-5-2-6-10-22/h1-18H,19-20H2. The summed E-state index contributed by atoms with van der Waals surface area (Å²) >= 11 is 1.39. The Morgan fingerprint density at radius 2 is 1.03 bits per heavy atom. The zero-order valence-corrected chi connectivity index (χ0v) is 18.7. The normalized spacial score (nSPS) is 10.7. The van der Waals surface area contributed by atoms with Crippen LogP contribution in [-0.4, -0.2) is 9.36 Å². The van der Waals surface area contributed by atoms with E-state index in [2.05, 4.69) is 28.6 Å². The molecule has 0 N–H and O–H groups in total. The zero-order chi connectivity index (χ0) is 22.3. The van der Waals surface area contributed by atoms with Crippen molar-refractivity contribution in [3.05, 3.63) is 120 Å². The van der Waals surface area contributed by atoms with Gasteiger partial charge in [0, 0.05) is 11.1 Å². The molecule has 0 bridgehead atoms. The second-order valence-corrected chi connectivity index (χ2v) is 8.27. The van der Waals surface area contributed by atoms with E-state index in [-0.39, 0.29) is 0 Å². The van der Waals surface area contributed by atoms with E-state index in [1.807, 2.05) is 84.9 Å². The summed E-state index contributed by atoms with van der Waals surface area (Å²) in [6.07, 6.45) is 0. The molecule has 1 heterocycles. The van der Waals surface area contributed by atoms with Gasteiger partial charge < -0.3 is 9.47 Å². The first kappa shape index (κ1) is 20.9. The van der Waals surface area contributed by atoms with E-state index in [9.17, 15) is 0 Å². The predicted octanol–water partition coefficient (Wildman–Crippen LogP) is 7.03. The van der Waals surface area contributed by atoms with Gasteiger partial charge >= 0.3 is 0 Å². The van der Waals surface area contributed by atoms with Crippen LogP contribution in [0.4, 0.5) is 0 Å². The lowest BCUT2D eigenvalue weighted by atomic mass is 10.2. The van der Waals surface area contributed by atoms with Crippen LogP contribution in [0.5, 0.6) is 11.5 Å². The molecule has 0 saturated heterocycles. The molecule has 33 heavy (non-hydrogen) atoms. The molecule has 5 aromatic rings. The Morgan fingerprint density at radius 1 is 0.545 bits per heavy atom. The molecule has 0 unspecified atom stereocenters. The van der Waals surface area contributed by atoms with Crippen LogP contribution < -0.4 is 9.47 Å². The molecular weight excluding hydrogens is 428 g/mol. The molecule has 0 fully saturated rings. The Hall–Kier alpha value is -3.96. The van der Waals surface area contributed by atoms with Gasteiger partial charge in [-0.25, -0.2) is 4.98 Å². The van der Waals surface area contributed by atoms with Crippen LogP contribution in [0.25, 0.3) is 22.0 Å². The van der Waals surface area contributed by atoms with Crippen molar-refractivity contribution in [2.45, 2.75) is 13.2 Å². The summed E-state index contributed by atoms with van der Waals surface area (Å²) in [5.74, 6) is 2.37. The first-order valence-electron chi connectivity index (χ1n) is 10.7. The maximum atomic E-state index is 5.87. The second kappa shape index (κ2) is 10.1. The molecule has 5 rings (SSSR count). The van der Waals surface area contributed by atoms with E-state index < -0.39 is 0 Å². The second-order valence-electron chi connectivity index (χ2n) is 7.52. The highest BCUT2D eigenvalue weighted by atomic mass is 32.1. The van der Waals surface area contributed by atoms with Crippen LogP contribution in [0.15, 0.2) is 109 Å². The molecule has 5 heteroatoms. The van der Waals surface area contributed by atoms with Gasteiger partial charge in [-0.3, -0.25) is 0 Å². The van der Waals surface area contributed by atoms with Crippen LogP contribution in [0, 0.1) is 0 Å². The largest absolute Gasteiger partial charge is 0.489 e. The third-order valence-corrected chi connectivity index (χ3v) is 5.90. The van der Waals surface area contributed by atoms with Gasteiger partial charge in [-0.15, -0.1) is 0 Å². The minimum absolute atomic E-state index is 0.546. The average Bonchev–Trinajstić information content (AvgIpc) is 3.38. The van der Waals surface area contributed by atoms with Crippen molar-refractivity contribution in [3.8, 4) is 33.5 Å². The fraction of sp³-hybridized carbons (Fsp3) is 0.0714. The summed E-state index contributed by atoms with van der Waals surface area (Å²) in [4.78, 5) is 4.72. The summed E-state index contributed by atoms with van der Waals surface area (Å²) in [5.41, 5.74) is 4.27. The Bertz CT molecular complexity index is 1180. The molecular formula is C28H22N2O2S. The number of nitrogens with zero attached hydrogens (tertiary/aromatic N) is 2. The highest BCUT2D eigenvalue weighted by molar-refractivity contribution is 7.09. The zero-order valence-electron chi connectivity index (χ0n) is 17.9. The number of rotatable bonds is 8. The quantitative estimate of drug-likeness (QED) is 0.255. The summed E-state index contributed by atoms with van der Waals surface area (Å²) < 4.78 is 16.3. The van der Waals surface area contributed by atoms with E-state index >= 15 is 0 Å². The lowest BCUT2D eigenvalue weighted by molar-refractivity contribution is 0.306. The van der Waals surface area contributed by atoms with Gasteiger partial charge in [0.2, 0.25) is 0 Å². The smallest absolute Gasteiger partial charge is 0.173 e. The van der Waals surface area contributed by atoms with Crippen molar-refractivity contribution in [2.75, 3.05) is 0 Å². The lowest BCUT2D eigenvalue weighted by Crippen LogP contribution is -1.94. The molecule has 0 saturated carbocycles. The molecule has 0 aliphatic carbocycles. The number of hydrogen-bond acceptors (Lipinski definition) is 5. The lowest BCUT2D eigenvalue weighted by Gasteiger charge is -2.07. The Balaban J connectivity index is 1.20. The van der Waals surface area contributed by atoms with Crippen molar-refractivity contribution in [2.24, 2.45) is 0 Å². The van der Waals surface area contributed by atoms with Gasteiger partial charge in [-0.1, -0.05) is 60.7 Å². The molecule has 1 aromatic heterocycles. The number of benzene rings is 4. The van der Waals surface area contributed by atoms with Crippen LogP contribution in [-0.2, 0) is 13.2 Å². The minimum atomic E-state index is 0.546. The van der Waals surface area contributed by atoms with Crippen molar-refractivity contribution >= 4 is 11.5 Å². The molecule has 0 amide bonds. The van der Waals surface area contributed by atoms with E-state index in [4.69, 9.17) is 14.5 Å². The number of aromatic nitrogens is 2. The van der Waals surface area contributed by atoms with Crippen molar-refractivity contribution in [3.63, 3.8) is 0 Å². The van der Waals surface area contributed by atoms with Crippen molar-refractivity contribution < 1.29 is 9.47 Å². The maximum Gasteiger partial charge on any atom is 0.173 e. The Morgan fingerprint density at radius 3 is 1.55 bits per heavy atom. The molecule has 0 aliphatic heterocycles. The number of ether oxygens (including phenoxy) is 2. The van der Waals surface area contributed by atoms with Crippen LogP contribution in [0.1, 0.15) is 11.1 Å². The molecule has 4 aromatic carbocycles. The molecule has 4 nitrogen and oxygen atoms in total. The monoisotopic (exact) mass is 450 g/mol. The van der Waals surface area contributed by atoms with Gasteiger partial charge in [0.05, 0.1) is 0 Å². The summed E-state index contributed by atoms with van der Waals surface area (Å²) in [5, 5.41) is 0.879. The van der Waals surface area contributed by atoms with E-state index in [0.29, 0.717) is 19.0 Å². The maximum absolute atomic E-state index is 5.87. The van der Waals surface area contributed by atoms with Crippen LogP contribution >= 0.6 is 11.5 Å². The third-order valence-electron chi connectivity index (χ3n) is 5.14. The third kappa shape index (κ3) is 5.45. The van der Waals surface area contributed by atoms with Gasteiger partial charge in [0.1, 0.15) is 29.7 Å². The minimum Gasteiger partial charge on any atom is -0.489 e. The number of hydrogen-bond donors (Lipinski definition) is 0. The van der Waals surface area contributed by atoms with E-state index in [0.717, 1.165) is 38.8 Å². The van der Waals surface area contributed by atoms with Gasteiger partial charge in [-0.2, -0.15) is 4.37 Å². The van der Waals surface area contributed by atoms with Crippen molar-refractivity contribution in [1.82, 2.24) is 9.36 Å². The fourth-order valence-corrected chi connectivity index (χ4v) is 4.02. The molecule has 162 valence electrons. The van der Waals surface area contributed by atoms with E-state index in [1.54, 1.807) is 0 Å². The van der Waals surface area contributed by atoms with Gasteiger partial charge in [0.15, 0.2) is 5.82 Å². The van der Waals surface area contributed by atoms with Gasteiger partial charge in [-0.05, 0) is 71.2 Å². The Labute approximate surface area is 197 Å². The molecule has 0 aliphatic rings. The SMILES string of the molecule is c1ccc(COc2ccc(-c3nsc(-c4ccc(OCc5ccccc5)cc4)n3)cc2)cc1. The van der Waals surface area contributed by atoms with Crippen molar-refractivity contribution in [1.29, 1.82) is 0 Å². The first-order chi connectivity index (χ1) is 16.3. The fourth-order valence-electron chi connectivity index (χ4n) is 3.33. The molecule has 0 spiro atoms. The van der Waals surface area contributed by atoms with Crippen LogP contribution in [0.3, 0.4) is 0 Å². The highest BCUT2D eigenvalue weighted by Gasteiger charge is 2.09. The average molecular weight is 451 g/mol. The predicted molar refractivity (Wildman–Crippen MR) is 132 cm³/mol. The first-order valence-corrected chi connectivity index (χ1v) is 11.5. The summed E-state index contributed by atoms with van der Waals surface area (Å²) in [6, 6.07) is 36.1. The van der Waals surface area contributed by atoms with Crippen LogP contribution in [0.2, 0.25) is 0 Å². The molecule has 0 atom stereocenters. The summed E-state index contributed by atoms with van der Waals surface area (Å²) in [7, 11) is 0.